The first-order chi connectivity index (χ1) is 14.2. The Morgan fingerprint density at radius 1 is 0.867 bits per heavy atom. The Bertz CT molecular complexity index is 1190. The molecule has 1 N–H and O–H groups in total. The second kappa shape index (κ2) is 8.26. The molecule has 0 aliphatic heterocycles. The van der Waals surface area contributed by atoms with Crippen molar-refractivity contribution in [2.24, 2.45) is 0 Å². The number of hydrogen-bond acceptors (Lipinski definition) is 7. The van der Waals surface area contributed by atoms with E-state index in [1.54, 1.807) is 6.07 Å². The van der Waals surface area contributed by atoms with E-state index in [1.807, 2.05) is 25.1 Å². The first kappa shape index (κ1) is 20.9. The topological polar surface area (TPSA) is 136 Å². The number of carbonyl (C=O) groups excluding carboxylic acids is 2. The second-order valence-corrected chi connectivity index (χ2v) is 8.00. The van der Waals surface area contributed by atoms with E-state index in [0.717, 1.165) is 23.8 Å². The molecule has 0 radical (unpaired) electrons. The molecule has 0 aliphatic rings. The monoisotopic (exact) mass is 425 g/mol. The smallest absolute Gasteiger partial charge is 0.261 e. The number of sulfonamides is 1. The zero-order valence-electron chi connectivity index (χ0n) is 15.6. The molecule has 0 saturated heterocycles. The lowest BCUT2D eigenvalue weighted by Crippen LogP contribution is -2.26. The minimum Gasteiger partial charge on any atom is -0.545 e. The van der Waals surface area contributed by atoms with Crippen molar-refractivity contribution in [2.45, 2.75) is 11.8 Å². The third-order valence-corrected chi connectivity index (χ3v) is 5.51. The molecule has 0 spiro atoms. The molecule has 0 unspecified atom stereocenters. The van der Waals surface area contributed by atoms with Gasteiger partial charge in [0.1, 0.15) is 11.5 Å². The van der Waals surface area contributed by atoms with E-state index in [4.69, 9.17) is 4.74 Å². The van der Waals surface area contributed by atoms with Gasteiger partial charge in [-0.05, 0) is 72.1 Å². The summed E-state index contributed by atoms with van der Waals surface area (Å²) in [6.07, 6.45) is 0. The van der Waals surface area contributed by atoms with Crippen molar-refractivity contribution in [1.82, 2.24) is 0 Å². The standard InChI is InChI=1S/C21H17NO7S/c1-13-4-2-3-5-19(13)29-17-6-8-18(9-7-17)30(27,28)22-16-11-14(20(23)24)10-15(12-16)21(25)26/h2-12,22H,1H3,(H,23,24)(H,25,26)/p-2. The normalized spacial score (nSPS) is 11.0. The molecule has 3 rings (SSSR count). The van der Waals surface area contributed by atoms with Crippen molar-refractivity contribution in [3.05, 3.63) is 83.4 Å². The summed E-state index contributed by atoms with van der Waals surface area (Å²) >= 11 is 0. The van der Waals surface area contributed by atoms with Crippen LogP contribution in [0.3, 0.4) is 0 Å². The highest BCUT2D eigenvalue weighted by molar-refractivity contribution is 7.92. The Morgan fingerprint density at radius 2 is 1.43 bits per heavy atom. The maximum Gasteiger partial charge on any atom is 0.261 e. The van der Waals surface area contributed by atoms with Gasteiger partial charge >= 0.3 is 0 Å². The van der Waals surface area contributed by atoms with Gasteiger partial charge in [-0.3, -0.25) is 4.72 Å². The summed E-state index contributed by atoms with van der Waals surface area (Å²) in [6, 6.07) is 15.6. The highest BCUT2D eigenvalue weighted by Crippen LogP contribution is 2.26. The molecule has 3 aromatic rings. The number of carboxylic acids is 2. The minimum absolute atomic E-state index is 0.131. The van der Waals surface area contributed by atoms with E-state index in [9.17, 15) is 28.2 Å². The molecule has 0 aliphatic carbocycles. The van der Waals surface area contributed by atoms with Gasteiger partial charge in [0.05, 0.1) is 22.5 Å². The van der Waals surface area contributed by atoms with Crippen molar-refractivity contribution in [3.8, 4) is 11.5 Å². The average molecular weight is 425 g/mol. The van der Waals surface area contributed by atoms with Crippen LogP contribution < -0.4 is 19.7 Å². The van der Waals surface area contributed by atoms with Crippen molar-refractivity contribution in [1.29, 1.82) is 0 Å². The molecular formula is C21H15NO7S-2. The Labute approximate surface area is 172 Å². The lowest BCUT2D eigenvalue weighted by atomic mass is 10.1. The number of nitrogens with one attached hydrogen (secondary N) is 1. The van der Waals surface area contributed by atoms with Gasteiger partial charge in [0.15, 0.2) is 0 Å². The molecule has 0 saturated carbocycles. The molecule has 0 heterocycles. The van der Waals surface area contributed by atoms with Crippen LogP contribution >= 0.6 is 0 Å². The lowest BCUT2D eigenvalue weighted by molar-refractivity contribution is -0.255. The first-order valence-electron chi connectivity index (χ1n) is 8.60. The van der Waals surface area contributed by atoms with Crippen molar-refractivity contribution in [3.63, 3.8) is 0 Å². The van der Waals surface area contributed by atoms with Gasteiger partial charge in [-0.15, -0.1) is 0 Å². The highest BCUT2D eigenvalue weighted by atomic mass is 32.2. The molecule has 8 nitrogen and oxygen atoms in total. The maximum atomic E-state index is 12.6. The van der Waals surface area contributed by atoms with Crippen LogP contribution in [0.15, 0.2) is 71.6 Å². The number of hydrogen-bond donors (Lipinski definition) is 1. The van der Waals surface area contributed by atoms with Gasteiger partial charge in [0.2, 0.25) is 0 Å². The first-order valence-corrected chi connectivity index (χ1v) is 10.1. The van der Waals surface area contributed by atoms with Crippen molar-refractivity contribution >= 4 is 27.6 Å². The number of anilines is 1. The summed E-state index contributed by atoms with van der Waals surface area (Å²) in [5, 5.41) is 22.1. The number of rotatable bonds is 7. The Hall–Kier alpha value is -3.85. The Morgan fingerprint density at radius 3 is 1.97 bits per heavy atom. The summed E-state index contributed by atoms with van der Waals surface area (Å²) in [7, 11) is -4.13. The third kappa shape index (κ3) is 4.76. The van der Waals surface area contributed by atoms with Gasteiger partial charge in [0.25, 0.3) is 10.0 Å². The summed E-state index contributed by atoms with van der Waals surface area (Å²) < 4.78 is 33.1. The number of aromatic carboxylic acids is 2. The van der Waals surface area contributed by atoms with Crippen molar-refractivity contribution < 1.29 is 33.0 Å². The van der Waals surface area contributed by atoms with E-state index in [0.29, 0.717) is 11.5 Å². The molecule has 0 amide bonds. The molecule has 0 fully saturated rings. The maximum absolute atomic E-state index is 12.6. The molecule has 3 aromatic carbocycles. The van der Waals surface area contributed by atoms with Crippen molar-refractivity contribution in [2.75, 3.05) is 4.72 Å². The fourth-order valence-corrected chi connectivity index (χ4v) is 3.66. The van der Waals surface area contributed by atoms with Crippen LogP contribution in [0.25, 0.3) is 0 Å². The summed E-state index contributed by atoms with van der Waals surface area (Å²) in [5.74, 6) is -2.27. The fourth-order valence-electron chi connectivity index (χ4n) is 2.62. The third-order valence-electron chi connectivity index (χ3n) is 4.11. The van der Waals surface area contributed by atoms with Gasteiger partial charge in [-0.2, -0.15) is 0 Å². The predicted octanol–water partition coefficient (Wildman–Crippen LogP) is 1.32. The van der Waals surface area contributed by atoms with Crippen LogP contribution in [-0.2, 0) is 10.0 Å². The molecule has 154 valence electrons. The van der Waals surface area contributed by atoms with Gasteiger partial charge < -0.3 is 24.5 Å². The molecule has 0 aromatic heterocycles. The zero-order chi connectivity index (χ0) is 21.9. The molecule has 9 heteroatoms. The molecule has 0 atom stereocenters. The summed E-state index contributed by atoms with van der Waals surface area (Å²) in [5.41, 5.74) is -0.351. The van der Waals surface area contributed by atoms with E-state index in [-0.39, 0.29) is 10.6 Å². The molecular weight excluding hydrogens is 410 g/mol. The van der Waals surface area contributed by atoms with Gasteiger partial charge in [0, 0.05) is 0 Å². The highest BCUT2D eigenvalue weighted by Gasteiger charge is 2.16. The Balaban J connectivity index is 1.85. The SMILES string of the molecule is Cc1ccccc1Oc1ccc(S(=O)(=O)Nc2cc(C(=O)[O-])cc(C(=O)[O-])c2)cc1. The zero-order valence-corrected chi connectivity index (χ0v) is 16.4. The largest absolute Gasteiger partial charge is 0.545 e. The quantitative estimate of drug-likeness (QED) is 0.603. The van der Waals surface area contributed by atoms with E-state index >= 15 is 0 Å². The fraction of sp³-hybridized carbons (Fsp3) is 0.0476. The average Bonchev–Trinajstić information content (AvgIpc) is 2.69. The number of carboxylic acid groups (broad SMARTS) is 2. The number of carbonyl (C=O) groups is 2. The van der Waals surface area contributed by atoms with Crippen LogP contribution in [0.4, 0.5) is 5.69 Å². The number of aryl methyl sites for hydroxylation is 1. The van der Waals surface area contributed by atoms with Crippen LogP contribution in [0, 0.1) is 6.92 Å². The van der Waals surface area contributed by atoms with E-state index in [2.05, 4.69) is 4.72 Å². The number of benzene rings is 3. The minimum atomic E-state index is -4.13. The van der Waals surface area contributed by atoms with E-state index < -0.39 is 33.1 Å². The summed E-state index contributed by atoms with van der Waals surface area (Å²) in [4.78, 5) is 22.0. The van der Waals surface area contributed by atoms with Crippen LogP contribution in [0.1, 0.15) is 26.3 Å². The lowest BCUT2D eigenvalue weighted by Gasteiger charge is -2.14. The molecule has 30 heavy (non-hydrogen) atoms. The van der Waals surface area contributed by atoms with Crippen LogP contribution in [-0.4, -0.2) is 20.4 Å². The van der Waals surface area contributed by atoms with Crippen LogP contribution in [0.5, 0.6) is 11.5 Å². The van der Waals surface area contributed by atoms with E-state index in [1.165, 1.54) is 24.3 Å². The summed E-state index contributed by atoms with van der Waals surface area (Å²) in [6.45, 7) is 1.87. The second-order valence-electron chi connectivity index (χ2n) is 6.32. The molecule has 0 bridgehead atoms. The Kier molecular flexibility index (Phi) is 5.74. The predicted molar refractivity (Wildman–Crippen MR) is 104 cm³/mol. The van der Waals surface area contributed by atoms with Gasteiger partial charge in [-0.1, -0.05) is 18.2 Å². The number of para-hydroxylation sites is 1. The van der Waals surface area contributed by atoms with Gasteiger partial charge in [-0.25, -0.2) is 8.42 Å². The number of ether oxygens (including phenoxy) is 1. The van der Waals surface area contributed by atoms with Crippen LogP contribution in [0.2, 0.25) is 0 Å².